The number of nitrogens with zero attached hydrogens (tertiary/aromatic N) is 4. The molecule has 3 aromatic rings. The zero-order valence-electron chi connectivity index (χ0n) is 19.6. The molecule has 1 fully saturated rings. The molecule has 190 valence electrons. The molecule has 0 aliphatic carbocycles. The van der Waals surface area contributed by atoms with Gasteiger partial charge in [-0.15, -0.1) is 0 Å². The summed E-state index contributed by atoms with van der Waals surface area (Å²) in [5, 5.41) is 2.98. The van der Waals surface area contributed by atoms with Gasteiger partial charge in [-0.2, -0.15) is 0 Å². The second-order valence-corrected chi connectivity index (χ2v) is 9.18. The number of halogens is 2. The van der Waals surface area contributed by atoms with E-state index < -0.39 is 17.7 Å². The molecule has 1 saturated heterocycles. The van der Waals surface area contributed by atoms with Gasteiger partial charge in [-0.1, -0.05) is 12.1 Å². The van der Waals surface area contributed by atoms with E-state index in [2.05, 4.69) is 25.7 Å². The number of fused-ring (bicyclic) bond motifs is 1. The number of piperidine rings is 1. The molecule has 0 spiro atoms. The Morgan fingerprint density at radius 1 is 1.11 bits per heavy atom. The molecule has 2 unspecified atom stereocenters. The molecule has 5 N–H and O–H groups in total. The maximum absolute atomic E-state index is 14.3. The monoisotopic (exact) mass is 498 g/mol. The van der Waals surface area contributed by atoms with Crippen molar-refractivity contribution in [3.8, 4) is 0 Å². The lowest BCUT2D eigenvalue weighted by Crippen LogP contribution is -2.53. The van der Waals surface area contributed by atoms with Crippen LogP contribution in [0.4, 0.5) is 13.6 Å². The van der Waals surface area contributed by atoms with Gasteiger partial charge in [-0.25, -0.2) is 29.2 Å². The molecular weight excluding hydrogens is 470 g/mol. The van der Waals surface area contributed by atoms with Gasteiger partial charge in [0.05, 0.1) is 11.6 Å². The second kappa shape index (κ2) is 10.1. The van der Waals surface area contributed by atoms with E-state index in [4.69, 9.17) is 5.84 Å². The number of nitrogens with one attached hydrogen (secondary N) is 3. The van der Waals surface area contributed by atoms with Crippen LogP contribution >= 0.6 is 0 Å². The maximum Gasteiger partial charge on any atom is 0.327 e. The van der Waals surface area contributed by atoms with E-state index in [1.54, 1.807) is 27.8 Å². The number of pyridine rings is 1. The maximum atomic E-state index is 14.3. The molecule has 5 rings (SSSR count). The van der Waals surface area contributed by atoms with Gasteiger partial charge in [0.25, 0.3) is 0 Å². The zero-order valence-corrected chi connectivity index (χ0v) is 19.6. The number of aliphatic imine (C=N–C) groups is 1. The summed E-state index contributed by atoms with van der Waals surface area (Å²) in [5.74, 6) is 3.98. The molecule has 1 aromatic carbocycles. The Kier molecular flexibility index (Phi) is 6.68. The average Bonchev–Trinajstić information content (AvgIpc) is 3.09. The first-order valence-corrected chi connectivity index (χ1v) is 12.0. The van der Waals surface area contributed by atoms with Gasteiger partial charge in [0.15, 0.2) is 17.3 Å². The Labute approximate surface area is 205 Å². The third-order valence-corrected chi connectivity index (χ3v) is 7.09. The zero-order chi connectivity index (χ0) is 25.2. The van der Waals surface area contributed by atoms with Crippen LogP contribution in [-0.2, 0) is 0 Å². The Hall–Kier alpha value is -3.80. The number of carbonyl (C=O) groups is 1. The number of imidazole rings is 1. The Morgan fingerprint density at radius 3 is 2.69 bits per heavy atom. The SMILES string of the molecule is NNC1=NCC(c2cccc(F)c2F)CCC1NC(=O)N1CCC(n2c(=O)[nH]c3ncccc32)CC1. The van der Waals surface area contributed by atoms with Gasteiger partial charge in [0.2, 0.25) is 0 Å². The summed E-state index contributed by atoms with van der Waals surface area (Å²) < 4.78 is 29.8. The number of likely N-dealkylation sites (tertiary alicyclic amines) is 1. The molecule has 0 bridgehead atoms. The van der Waals surface area contributed by atoms with Crippen LogP contribution in [0.2, 0.25) is 0 Å². The molecule has 0 saturated carbocycles. The number of urea groups is 1. The van der Waals surface area contributed by atoms with Gasteiger partial charge in [0.1, 0.15) is 5.84 Å². The number of nitrogens with two attached hydrogens (primary N) is 1. The van der Waals surface area contributed by atoms with Crippen molar-refractivity contribution in [2.75, 3.05) is 19.6 Å². The minimum Gasteiger partial charge on any atom is -0.328 e. The van der Waals surface area contributed by atoms with Crippen LogP contribution < -0.4 is 22.3 Å². The normalized spacial score (nSPS) is 21.2. The number of benzene rings is 1. The molecule has 2 amide bonds. The number of aromatic amines is 1. The van der Waals surface area contributed by atoms with Crippen molar-refractivity contribution >= 4 is 23.0 Å². The van der Waals surface area contributed by atoms with Crippen molar-refractivity contribution in [3.63, 3.8) is 0 Å². The summed E-state index contributed by atoms with van der Waals surface area (Å²) >= 11 is 0. The number of hydrogen-bond donors (Lipinski definition) is 4. The van der Waals surface area contributed by atoms with Crippen molar-refractivity contribution < 1.29 is 13.6 Å². The van der Waals surface area contributed by atoms with E-state index in [0.29, 0.717) is 50.3 Å². The van der Waals surface area contributed by atoms with Crippen LogP contribution in [-0.4, -0.2) is 57.0 Å². The summed E-state index contributed by atoms with van der Waals surface area (Å²) in [6.07, 6.45) is 3.84. The van der Waals surface area contributed by atoms with Crippen molar-refractivity contribution in [1.82, 2.24) is 30.2 Å². The molecule has 4 heterocycles. The smallest absolute Gasteiger partial charge is 0.327 e. The predicted octanol–water partition coefficient (Wildman–Crippen LogP) is 2.16. The van der Waals surface area contributed by atoms with Crippen molar-refractivity contribution in [2.24, 2.45) is 10.8 Å². The average molecular weight is 499 g/mol. The third-order valence-electron chi connectivity index (χ3n) is 7.09. The fraction of sp³-hybridized carbons (Fsp3) is 0.417. The number of amides is 2. The Bertz CT molecular complexity index is 1350. The van der Waals surface area contributed by atoms with Crippen LogP contribution in [0.1, 0.15) is 43.2 Å². The minimum atomic E-state index is -0.891. The first kappa shape index (κ1) is 23.9. The van der Waals surface area contributed by atoms with Gasteiger partial charge in [-0.05, 0) is 49.4 Å². The Balaban J connectivity index is 1.22. The molecule has 0 radical (unpaired) electrons. The molecule has 12 heteroatoms. The topological polar surface area (TPSA) is 133 Å². The summed E-state index contributed by atoms with van der Waals surface area (Å²) in [7, 11) is 0. The number of carbonyl (C=O) groups excluding carboxylic acids is 1. The Morgan fingerprint density at radius 2 is 1.92 bits per heavy atom. The highest BCUT2D eigenvalue weighted by molar-refractivity contribution is 5.91. The minimum absolute atomic E-state index is 0.0397. The lowest BCUT2D eigenvalue weighted by atomic mass is 9.93. The lowest BCUT2D eigenvalue weighted by Gasteiger charge is -2.33. The van der Waals surface area contributed by atoms with Gasteiger partial charge in [0, 0.05) is 37.8 Å². The second-order valence-electron chi connectivity index (χ2n) is 9.18. The third kappa shape index (κ3) is 4.55. The number of aromatic nitrogens is 3. The largest absolute Gasteiger partial charge is 0.328 e. The van der Waals surface area contributed by atoms with E-state index >= 15 is 0 Å². The van der Waals surface area contributed by atoms with E-state index in [0.717, 1.165) is 11.6 Å². The van der Waals surface area contributed by atoms with Crippen molar-refractivity contribution in [1.29, 1.82) is 0 Å². The number of rotatable bonds is 3. The fourth-order valence-electron chi connectivity index (χ4n) is 5.18. The predicted molar refractivity (Wildman–Crippen MR) is 130 cm³/mol. The van der Waals surface area contributed by atoms with E-state index in [9.17, 15) is 18.4 Å². The lowest BCUT2D eigenvalue weighted by molar-refractivity contribution is 0.170. The number of hydrogen-bond acceptors (Lipinski definition) is 6. The van der Waals surface area contributed by atoms with Gasteiger partial charge >= 0.3 is 11.7 Å². The first-order chi connectivity index (χ1) is 17.5. The van der Waals surface area contributed by atoms with Crippen molar-refractivity contribution in [2.45, 2.75) is 43.7 Å². The quantitative estimate of drug-likeness (QED) is 0.324. The van der Waals surface area contributed by atoms with Crippen molar-refractivity contribution in [3.05, 3.63) is 64.2 Å². The molecular formula is C24H28F2N8O2. The number of amidine groups is 1. The van der Waals surface area contributed by atoms with Gasteiger partial charge < -0.3 is 15.6 Å². The molecule has 2 atom stereocenters. The molecule has 2 aromatic heterocycles. The molecule has 36 heavy (non-hydrogen) atoms. The van der Waals surface area contributed by atoms with Crippen LogP contribution in [0.25, 0.3) is 11.2 Å². The van der Waals surface area contributed by atoms with Crippen LogP contribution in [0.3, 0.4) is 0 Å². The first-order valence-electron chi connectivity index (χ1n) is 12.0. The summed E-state index contributed by atoms with van der Waals surface area (Å²) in [5.41, 5.74) is 3.92. The van der Waals surface area contributed by atoms with E-state index in [-0.39, 0.29) is 35.8 Å². The number of H-pyrrole nitrogens is 1. The summed E-state index contributed by atoms with van der Waals surface area (Å²) in [4.78, 5) is 38.7. The standard InChI is InChI=1S/C24H28F2N8O2/c25-17-4-1-3-16(20(17)26)14-6-7-18(21(32-27)29-13-14)30-23(35)33-11-8-15(9-12-33)34-19-5-2-10-28-22(19)31-24(34)36/h1-5,10,14-15,18H,6-9,11-13,27H2,(H,29,32)(H,30,35)(H,28,31,36). The van der Waals surface area contributed by atoms with E-state index in [1.165, 1.54) is 6.07 Å². The molecule has 2 aliphatic heterocycles. The van der Waals surface area contributed by atoms with Gasteiger partial charge in [-0.3, -0.25) is 14.5 Å². The summed E-state index contributed by atoms with van der Waals surface area (Å²) in [6.45, 7) is 1.18. The molecule has 2 aliphatic rings. The highest BCUT2D eigenvalue weighted by Crippen LogP contribution is 2.29. The highest BCUT2D eigenvalue weighted by Gasteiger charge is 2.30. The number of hydrazine groups is 1. The van der Waals surface area contributed by atoms with E-state index in [1.807, 2.05) is 6.07 Å². The highest BCUT2D eigenvalue weighted by atomic mass is 19.2. The van der Waals surface area contributed by atoms with Crippen LogP contribution in [0.15, 0.2) is 46.3 Å². The summed E-state index contributed by atoms with van der Waals surface area (Å²) in [6, 6.07) is 6.99. The molecule has 10 nitrogen and oxygen atoms in total. The fourth-order valence-corrected chi connectivity index (χ4v) is 5.18. The van der Waals surface area contributed by atoms with Crippen LogP contribution in [0, 0.1) is 11.6 Å². The van der Waals surface area contributed by atoms with Crippen LogP contribution in [0.5, 0.6) is 0 Å².